The van der Waals surface area contributed by atoms with Crippen molar-refractivity contribution in [1.82, 2.24) is 0 Å². The molecule has 1 aromatic rings. The third kappa shape index (κ3) is 3.30. The Morgan fingerprint density at radius 2 is 1.84 bits per heavy atom. The van der Waals surface area contributed by atoms with Crippen LogP contribution in [-0.4, -0.2) is 24.8 Å². The predicted molar refractivity (Wildman–Crippen MR) is 81.7 cm³/mol. The van der Waals surface area contributed by atoms with Crippen LogP contribution >= 0.6 is 0 Å². The molecule has 19 heavy (non-hydrogen) atoms. The standard InChI is InChI=1S/C17H27NO/c1-13-9-14(2)11-16(10-13)18-7-6-17(3,4)15(12-18)5-8-19/h9-11,15,19H,5-8,12H2,1-4H3. The molecule has 1 heterocycles. The normalized spacial score (nSPS) is 22.6. The zero-order valence-corrected chi connectivity index (χ0v) is 12.7. The minimum absolute atomic E-state index is 0.300. The van der Waals surface area contributed by atoms with Gasteiger partial charge < -0.3 is 10.0 Å². The second-order valence-electron chi connectivity index (χ2n) is 6.74. The van der Waals surface area contributed by atoms with Crippen LogP contribution in [0.25, 0.3) is 0 Å². The van der Waals surface area contributed by atoms with Crippen LogP contribution in [0.5, 0.6) is 0 Å². The minimum Gasteiger partial charge on any atom is -0.396 e. The van der Waals surface area contributed by atoms with Crippen molar-refractivity contribution >= 4 is 5.69 Å². The van der Waals surface area contributed by atoms with Gasteiger partial charge in [0, 0.05) is 25.4 Å². The van der Waals surface area contributed by atoms with Gasteiger partial charge in [0.05, 0.1) is 0 Å². The molecule has 0 aromatic heterocycles. The second kappa shape index (κ2) is 5.54. The first kappa shape index (κ1) is 14.4. The molecule has 2 nitrogen and oxygen atoms in total. The number of nitrogens with zero attached hydrogens (tertiary/aromatic N) is 1. The van der Waals surface area contributed by atoms with Crippen molar-refractivity contribution in [2.75, 3.05) is 24.6 Å². The van der Waals surface area contributed by atoms with Gasteiger partial charge in [-0.25, -0.2) is 0 Å². The number of hydrogen-bond acceptors (Lipinski definition) is 2. The summed E-state index contributed by atoms with van der Waals surface area (Å²) in [6.45, 7) is 11.5. The van der Waals surface area contributed by atoms with E-state index in [2.05, 4.69) is 50.8 Å². The van der Waals surface area contributed by atoms with Crippen LogP contribution in [0.2, 0.25) is 0 Å². The number of aliphatic hydroxyl groups excluding tert-OH is 1. The van der Waals surface area contributed by atoms with Gasteiger partial charge in [-0.2, -0.15) is 0 Å². The Labute approximate surface area is 117 Å². The highest BCUT2D eigenvalue weighted by Gasteiger charge is 2.35. The summed E-state index contributed by atoms with van der Waals surface area (Å²) in [5.74, 6) is 0.576. The lowest BCUT2D eigenvalue weighted by atomic mass is 9.72. The molecule has 2 heteroatoms. The summed E-state index contributed by atoms with van der Waals surface area (Å²) in [5.41, 5.74) is 4.35. The van der Waals surface area contributed by atoms with Gasteiger partial charge in [0.15, 0.2) is 0 Å². The molecule has 1 aliphatic rings. The predicted octanol–water partition coefficient (Wildman–Crippen LogP) is 3.54. The molecule has 106 valence electrons. The quantitative estimate of drug-likeness (QED) is 0.899. The van der Waals surface area contributed by atoms with Crippen LogP contribution in [0.15, 0.2) is 18.2 Å². The van der Waals surface area contributed by atoms with Gasteiger partial charge in [-0.15, -0.1) is 0 Å². The van der Waals surface area contributed by atoms with E-state index in [0.717, 1.165) is 19.5 Å². The highest BCUT2D eigenvalue weighted by atomic mass is 16.3. The van der Waals surface area contributed by atoms with E-state index in [1.54, 1.807) is 0 Å². The van der Waals surface area contributed by atoms with Crippen LogP contribution < -0.4 is 4.90 Å². The smallest absolute Gasteiger partial charge is 0.0434 e. The van der Waals surface area contributed by atoms with Crippen molar-refractivity contribution < 1.29 is 5.11 Å². The third-order valence-corrected chi connectivity index (χ3v) is 4.62. The first-order valence-corrected chi connectivity index (χ1v) is 7.36. The van der Waals surface area contributed by atoms with E-state index in [9.17, 15) is 5.11 Å². The molecule has 0 aliphatic carbocycles. The lowest BCUT2D eigenvalue weighted by molar-refractivity contribution is 0.132. The molecule has 1 fully saturated rings. The molecule has 0 saturated carbocycles. The zero-order chi connectivity index (χ0) is 14.0. The van der Waals surface area contributed by atoms with E-state index >= 15 is 0 Å². The maximum absolute atomic E-state index is 9.28. The number of aryl methyl sites for hydroxylation is 2. The van der Waals surface area contributed by atoms with E-state index < -0.39 is 0 Å². The molecule has 2 rings (SSSR count). The largest absolute Gasteiger partial charge is 0.396 e. The van der Waals surface area contributed by atoms with Crippen LogP contribution in [-0.2, 0) is 0 Å². The van der Waals surface area contributed by atoms with Gasteiger partial charge in [-0.1, -0.05) is 19.9 Å². The number of benzene rings is 1. The summed E-state index contributed by atoms with van der Waals surface area (Å²) < 4.78 is 0. The minimum atomic E-state index is 0.300. The Hall–Kier alpha value is -1.02. The number of hydrogen-bond donors (Lipinski definition) is 1. The molecule has 0 radical (unpaired) electrons. The monoisotopic (exact) mass is 261 g/mol. The number of rotatable bonds is 3. The molecule has 1 atom stereocenters. The first-order valence-electron chi connectivity index (χ1n) is 7.36. The summed E-state index contributed by atoms with van der Waals surface area (Å²) in [6.07, 6.45) is 2.11. The first-order chi connectivity index (χ1) is 8.92. The fourth-order valence-corrected chi connectivity index (χ4v) is 3.24. The molecule has 0 spiro atoms. The average Bonchev–Trinajstić information content (AvgIpc) is 2.30. The summed E-state index contributed by atoms with van der Waals surface area (Å²) in [6, 6.07) is 6.78. The third-order valence-electron chi connectivity index (χ3n) is 4.62. The van der Waals surface area contributed by atoms with Crippen molar-refractivity contribution in [3.63, 3.8) is 0 Å². The topological polar surface area (TPSA) is 23.5 Å². The van der Waals surface area contributed by atoms with Gasteiger partial charge in [0.1, 0.15) is 0 Å². The lowest BCUT2D eigenvalue weighted by Crippen LogP contribution is -2.45. The van der Waals surface area contributed by atoms with Crippen molar-refractivity contribution in [3.8, 4) is 0 Å². The van der Waals surface area contributed by atoms with Crippen LogP contribution in [0.4, 0.5) is 5.69 Å². The second-order valence-corrected chi connectivity index (χ2v) is 6.74. The van der Waals surface area contributed by atoms with Crippen LogP contribution in [0.3, 0.4) is 0 Å². The Balaban J connectivity index is 2.18. The SMILES string of the molecule is Cc1cc(C)cc(N2CCC(C)(C)C(CCO)C2)c1. The van der Waals surface area contributed by atoms with Crippen LogP contribution in [0, 0.1) is 25.2 Å². The van der Waals surface area contributed by atoms with Gasteiger partial charge >= 0.3 is 0 Å². The zero-order valence-electron chi connectivity index (χ0n) is 12.7. The maximum atomic E-state index is 9.28. The van der Waals surface area contributed by atoms with Crippen molar-refractivity contribution in [2.24, 2.45) is 11.3 Å². The van der Waals surface area contributed by atoms with E-state index in [-0.39, 0.29) is 0 Å². The molecular formula is C17H27NO. The van der Waals surface area contributed by atoms with Gasteiger partial charge in [0.2, 0.25) is 0 Å². The Morgan fingerprint density at radius 3 is 2.42 bits per heavy atom. The molecule has 1 saturated heterocycles. The number of aliphatic hydroxyl groups is 1. The lowest BCUT2D eigenvalue weighted by Gasteiger charge is -2.45. The van der Waals surface area contributed by atoms with Gasteiger partial charge in [-0.05, 0) is 61.3 Å². The summed E-state index contributed by atoms with van der Waals surface area (Å²) >= 11 is 0. The van der Waals surface area contributed by atoms with E-state index in [1.165, 1.54) is 23.2 Å². The van der Waals surface area contributed by atoms with Crippen LogP contribution in [0.1, 0.15) is 37.8 Å². The van der Waals surface area contributed by atoms with Crippen molar-refractivity contribution in [1.29, 1.82) is 0 Å². The van der Waals surface area contributed by atoms with E-state index in [4.69, 9.17) is 0 Å². The maximum Gasteiger partial charge on any atom is 0.0434 e. The average molecular weight is 261 g/mol. The van der Waals surface area contributed by atoms with Gasteiger partial charge in [0.25, 0.3) is 0 Å². The highest BCUT2D eigenvalue weighted by Crippen LogP contribution is 2.39. The molecule has 1 aliphatic heterocycles. The Kier molecular flexibility index (Phi) is 4.19. The summed E-state index contributed by atoms with van der Waals surface area (Å²) in [5, 5.41) is 9.28. The molecule has 1 aromatic carbocycles. The summed E-state index contributed by atoms with van der Waals surface area (Å²) in [7, 11) is 0. The van der Waals surface area contributed by atoms with E-state index in [1.807, 2.05) is 0 Å². The number of piperidine rings is 1. The molecule has 0 amide bonds. The summed E-state index contributed by atoms with van der Waals surface area (Å²) in [4.78, 5) is 2.49. The fourth-order valence-electron chi connectivity index (χ4n) is 3.24. The fraction of sp³-hybridized carbons (Fsp3) is 0.647. The van der Waals surface area contributed by atoms with Gasteiger partial charge in [-0.3, -0.25) is 0 Å². The molecular weight excluding hydrogens is 234 g/mol. The van der Waals surface area contributed by atoms with Crippen molar-refractivity contribution in [2.45, 2.75) is 40.5 Å². The van der Waals surface area contributed by atoms with Crippen molar-refractivity contribution in [3.05, 3.63) is 29.3 Å². The Bertz CT molecular complexity index is 419. The highest BCUT2D eigenvalue weighted by molar-refractivity contribution is 5.51. The van der Waals surface area contributed by atoms with E-state index in [0.29, 0.717) is 17.9 Å². The molecule has 1 unspecified atom stereocenters. The number of anilines is 1. The molecule has 1 N–H and O–H groups in total. The Morgan fingerprint density at radius 1 is 1.21 bits per heavy atom. The molecule has 0 bridgehead atoms.